The number of nitrogens with one attached hydrogen (secondary N) is 1. The van der Waals surface area contributed by atoms with E-state index in [1.807, 2.05) is 66.7 Å². The van der Waals surface area contributed by atoms with Crippen LogP contribution in [0, 0.1) is 5.41 Å². The first-order valence-corrected chi connectivity index (χ1v) is 8.37. The molecule has 0 unspecified atom stereocenters. The Bertz CT molecular complexity index is 1350. The van der Waals surface area contributed by atoms with Crippen molar-refractivity contribution in [1.29, 1.82) is 5.41 Å². The fraction of sp³-hybridized carbons (Fsp3) is 0. The van der Waals surface area contributed by atoms with Gasteiger partial charge in [-0.15, -0.1) is 0 Å². The van der Waals surface area contributed by atoms with E-state index in [0.717, 1.165) is 32.8 Å². The SMILES string of the molecule is N=c1oc2c3ccccc3ccc2c2cc(-c3ccccc3)nc(N)c12. The second kappa shape index (κ2) is 5.43. The van der Waals surface area contributed by atoms with E-state index in [-0.39, 0.29) is 5.55 Å². The highest BCUT2D eigenvalue weighted by molar-refractivity contribution is 6.15. The number of nitrogens with two attached hydrogens (primary N) is 1. The smallest absolute Gasteiger partial charge is 0.223 e. The van der Waals surface area contributed by atoms with Gasteiger partial charge in [0, 0.05) is 21.7 Å². The van der Waals surface area contributed by atoms with E-state index in [0.29, 0.717) is 16.8 Å². The Morgan fingerprint density at radius 1 is 0.808 bits per heavy atom. The average Bonchev–Trinajstić information content (AvgIpc) is 2.68. The first kappa shape index (κ1) is 14.7. The minimum atomic E-state index is 0.0356. The van der Waals surface area contributed by atoms with Crippen molar-refractivity contribution in [3.63, 3.8) is 0 Å². The third-order valence-electron chi connectivity index (χ3n) is 4.72. The Kier molecular flexibility index (Phi) is 3.06. The van der Waals surface area contributed by atoms with E-state index in [9.17, 15) is 0 Å². The number of pyridine rings is 1. The molecule has 0 radical (unpaired) electrons. The molecule has 0 spiro atoms. The molecule has 3 aromatic carbocycles. The monoisotopic (exact) mass is 337 g/mol. The number of nitrogen functional groups attached to an aromatic ring is 1. The molecule has 0 saturated carbocycles. The zero-order valence-corrected chi connectivity index (χ0v) is 13.9. The number of nitrogens with zero attached hydrogens (tertiary/aromatic N) is 1. The first-order chi connectivity index (χ1) is 12.7. The molecule has 26 heavy (non-hydrogen) atoms. The average molecular weight is 337 g/mol. The molecule has 0 aliphatic carbocycles. The Labute approximate surface area is 149 Å². The van der Waals surface area contributed by atoms with Gasteiger partial charge in [0.2, 0.25) is 5.55 Å². The summed E-state index contributed by atoms with van der Waals surface area (Å²) in [7, 11) is 0. The maximum atomic E-state index is 8.35. The summed E-state index contributed by atoms with van der Waals surface area (Å²) < 4.78 is 5.86. The predicted molar refractivity (Wildman–Crippen MR) is 105 cm³/mol. The summed E-state index contributed by atoms with van der Waals surface area (Å²) in [6.07, 6.45) is 0. The van der Waals surface area contributed by atoms with Crippen LogP contribution >= 0.6 is 0 Å². The topological polar surface area (TPSA) is 75.9 Å². The molecule has 2 aromatic heterocycles. The second-order valence-electron chi connectivity index (χ2n) is 6.28. The van der Waals surface area contributed by atoms with Crippen molar-refractivity contribution in [2.45, 2.75) is 0 Å². The van der Waals surface area contributed by atoms with Crippen LogP contribution in [0.2, 0.25) is 0 Å². The van der Waals surface area contributed by atoms with Crippen LogP contribution in [-0.2, 0) is 0 Å². The Morgan fingerprint density at radius 2 is 1.58 bits per heavy atom. The Morgan fingerprint density at radius 3 is 2.42 bits per heavy atom. The zero-order valence-electron chi connectivity index (χ0n) is 13.9. The fourth-order valence-electron chi connectivity index (χ4n) is 3.49. The molecule has 4 nitrogen and oxygen atoms in total. The van der Waals surface area contributed by atoms with Gasteiger partial charge in [-0.2, -0.15) is 0 Å². The van der Waals surface area contributed by atoms with Crippen molar-refractivity contribution < 1.29 is 4.42 Å². The molecule has 0 atom stereocenters. The van der Waals surface area contributed by atoms with Crippen molar-refractivity contribution in [1.82, 2.24) is 4.98 Å². The molecule has 2 heterocycles. The predicted octanol–water partition coefficient (Wildman–Crippen LogP) is 4.86. The molecule has 0 aliphatic heterocycles. The van der Waals surface area contributed by atoms with Crippen LogP contribution in [0.15, 0.2) is 77.2 Å². The van der Waals surface area contributed by atoms with Crippen LogP contribution in [0.4, 0.5) is 5.82 Å². The number of hydrogen-bond acceptors (Lipinski definition) is 4. The zero-order chi connectivity index (χ0) is 17.7. The number of anilines is 1. The number of aromatic nitrogens is 1. The van der Waals surface area contributed by atoms with Gasteiger partial charge in [0.15, 0.2) is 0 Å². The van der Waals surface area contributed by atoms with Gasteiger partial charge in [0.05, 0.1) is 11.1 Å². The van der Waals surface area contributed by atoms with Crippen LogP contribution in [0.25, 0.3) is 43.8 Å². The lowest BCUT2D eigenvalue weighted by molar-refractivity contribution is 0.545. The summed E-state index contributed by atoms with van der Waals surface area (Å²) in [6.45, 7) is 0. The van der Waals surface area contributed by atoms with Crippen molar-refractivity contribution in [3.8, 4) is 11.3 Å². The third kappa shape index (κ3) is 2.09. The highest BCUT2D eigenvalue weighted by atomic mass is 16.3. The molecule has 0 aliphatic rings. The van der Waals surface area contributed by atoms with Gasteiger partial charge in [0.1, 0.15) is 11.4 Å². The summed E-state index contributed by atoms with van der Waals surface area (Å²) in [5.74, 6) is 0.310. The van der Waals surface area contributed by atoms with Crippen molar-refractivity contribution in [3.05, 3.63) is 78.4 Å². The number of benzene rings is 3. The quantitative estimate of drug-likeness (QED) is 0.429. The molecule has 5 aromatic rings. The van der Waals surface area contributed by atoms with Crippen molar-refractivity contribution in [2.24, 2.45) is 0 Å². The number of fused-ring (bicyclic) bond motifs is 5. The van der Waals surface area contributed by atoms with Crippen LogP contribution in [0.3, 0.4) is 0 Å². The largest absolute Gasteiger partial charge is 0.438 e. The summed E-state index contributed by atoms with van der Waals surface area (Å²) in [5, 5.41) is 12.8. The van der Waals surface area contributed by atoms with Crippen LogP contribution in [0.1, 0.15) is 0 Å². The van der Waals surface area contributed by atoms with Gasteiger partial charge in [0.25, 0.3) is 0 Å². The van der Waals surface area contributed by atoms with Gasteiger partial charge in [-0.25, -0.2) is 4.98 Å². The van der Waals surface area contributed by atoms with Gasteiger partial charge in [-0.1, -0.05) is 60.7 Å². The second-order valence-corrected chi connectivity index (χ2v) is 6.28. The lowest BCUT2D eigenvalue weighted by Crippen LogP contribution is -2.06. The summed E-state index contributed by atoms with van der Waals surface area (Å²) in [6, 6.07) is 24.0. The molecule has 5 rings (SSSR count). The lowest BCUT2D eigenvalue weighted by atomic mass is 10.0. The summed E-state index contributed by atoms with van der Waals surface area (Å²) in [5.41, 5.74) is 8.72. The molecule has 124 valence electrons. The van der Waals surface area contributed by atoms with E-state index in [1.165, 1.54) is 0 Å². The van der Waals surface area contributed by atoms with Crippen LogP contribution in [-0.4, -0.2) is 4.98 Å². The minimum absolute atomic E-state index is 0.0356. The summed E-state index contributed by atoms with van der Waals surface area (Å²) in [4.78, 5) is 4.50. The van der Waals surface area contributed by atoms with Crippen molar-refractivity contribution in [2.75, 3.05) is 5.73 Å². The lowest BCUT2D eigenvalue weighted by Gasteiger charge is -2.10. The molecule has 4 heteroatoms. The van der Waals surface area contributed by atoms with Gasteiger partial charge < -0.3 is 10.2 Å². The summed E-state index contributed by atoms with van der Waals surface area (Å²) >= 11 is 0. The number of hydrogen-bond donors (Lipinski definition) is 2. The molecule has 0 saturated heterocycles. The van der Waals surface area contributed by atoms with Crippen LogP contribution in [0.5, 0.6) is 0 Å². The molecule has 0 amide bonds. The Balaban J connectivity index is 1.97. The minimum Gasteiger partial charge on any atom is -0.438 e. The molecular weight excluding hydrogens is 322 g/mol. The fourth-order valence-corrected chi connectivity index (χ4v) is 3.49. The first-order valence-electron chi connectivity index (χ1n) is 8.37. The van der Waals surface area contributed by atoms with Gasteiger partial charge in [-0.3, -0.25) is 5.41 Å². The van der Waals surface area contributed by atoms with E-state index >= 15 is 0 Å². The maximum absolute atomic E-state index is 8.35. The van der Waals surface area contributed by atoms with Crippen LogP contribution < -0.4 is 11.3 Å². The van der Waals surface area contributed by atoms with E-state index in [1.54, 1.807) is 0 Å². The normalized spacial score (nSPS) is 11.4. The Hall–Kier alpha value is -3.66. The third-order valence-corrected chi connectivity index (χ3v) is 4.72. The highest BCUT2D eigenvalue weighted by Crippen LogP contribution is 2.33. The van der Waals surface area contributed by atoms with E-state index in [4.69, 9.17) is 15.6 Å². The van der Waals surface area contributed by atoms with Gasteiger partial charge >= 0.3 is 0 Å². The molecule has 0 fully saturated rings. The maximum Gasteiger partial charge on any atom is 0.223 e. The molecular formula is C22H15N3O. The number of rotatable bonds is 1. The standard InChI is InChI=1S/C22H15N3O/c23-21-19-17(12-18(25-21)14-7-2-1-3-8-14)16-11-10-13-6-4-5-9-15(13)20(16)26-22(19)24/h1-12,24H,(H2,23,25). The van der Waals surface area contributed by atoms with E-state index < -0.39 is 0 Å². The van der Waals surface area contributed by atoms with Crippen molar-refractivity contribution >= 4 is 38.3 Å². The van der Waals surface area contributed by atoms with E-state index in [2.05, 4.69) is 11.1 Å². The van der Waals surface area contributed by atoms with Gasteiger partial charge in [-0.05, 0) is 17.5 Å². The highest BCUT2D eigenvalue weighted by Gasteiger charge is 2.14. The molecule has 0 bridgehead atoms. The molecule has 3 N–H and O–H groups in total.